The summed E-state index contributed by atoms with van der Waals surface area (Å²) in [6, 6.07) is 15.6. The lowest BCUT2D eigenvalue weighted by atomic mass is 10.2. The van der Waals surface area contributed by atoms with E-state index in [9.17, 15) is 13.2 Å². The minimum absolute atomic E-state index is 0.0881. The lowest BCUT2D eigenvalue weighted by Gasteiger charge is -2.11. The monoisotopic (exact) mass is 427 g/mol. The summed E-state index contributed by atoms with van der Waals surface area (Å²) in [4.78, 5) is 16.6. The second kappa shape index (κ2) is 9.27. The zero-order chi connectivity index (χ0) is 21.6. The third-order valence-corrected chi connectivity index (χ3v) is 5.42. The van der Waals surface area contributed by atoms with E-state index >= 15 is 0 Å². The molecule has 8 nitrogen and oxygen atoms in total. The van der Waals surface area contributed by atoms with Crippen LogP contribution < -0.4 is 19.5 Å². The molecule has 3 aromatic rings. The summed E-state index contributed by atoms with van der Waals surface area (Å²) in [6.07, 6.45) is 1.47. The normalized spacial score (nSPS) is 10.9. The topological polar surface area (TPSA) is 107 Å². The van der Waals surface area contributed by atoms with E-state index in [4.69, 9.17) is 9.47 Å². The number of anilines is 2. The molecular formula is C21H21N3O5S. The molecule has 3 rings (SSSR count). The summed E-state index contributed by atoms with van der Waals surface area (Å²) in [5.74, 6) is 0.617. The maximum atomic E-state index is 12.6. The van der Waals surface area contributed by atoms with Crippen LogP contribution in [0.4, 0.5) is 11.4 Å². The Labute approximate surface area is 174 Å². The predicted molar refractivity (Wildman–Crippen MR) is 114 cm³/mol. The molecule has 1 amide bonds. The Bertz CT molecular complexity index is 1110. The van der Waals surface area contributed by atoms with Crippen LogP contribution in [-0.4, -0.2) is 33.0 Å². The van der Waals surface area contributed by atoms with Gasteiger partial charge in [-0.05, 0) is 55.5 Å². The Hall–Kier alpha value is -3.59. The van der Waals surface area contributed by atoms with Crippen LogP contribution in [0.15, 0.2) is 71.8 Å². The molecule has 30 heavy (non-hydrogen) atoms. The van der Waals surface area contributed by atoms with Gasteiger partial charge < -0.3 is 14.8 Å². The average Bonchev–Trinajstić information content (AvgIpc) is 2.75. The van der Waals surface area contributed by atoms with E-state index in [0.29, 0.717) is 23.9 Å². The van der Waals surface area contributed by atoms with Crippen molar-refractivity contribution in [2.75, 3.05) is 23.8 Å². The number of aromatic nitrogens is 1. The van der Waals surface area contributed by atoms with Crippen molar-refractivity contribution in [3.8, 4) is 11.6 Å². The number of sulfonamides is 1. The molecule has 156 valence electrons. The number of nitrogens with one attached hydrogen (secondary N) is 2. The third kappa shape index (κ3) is 5.26. The van der Waals surface area contributed by atoms with Gasteiger partial charge in [0.25, 0.3) is 15.9 Å². The summed E-state index contributed by atoms with van der Waals surface area (Å²) < 4.78 is 38.0. The van der Waals surface area contributed by atoms with Gasteiger partial charge in [0.1, 0.15) is 5.75 Å². The van der Waals surface area contributed by atoms with E-state index < -0.39 is 15.9 Å². The van der Waals surface area contributed by atoms with Gasteiger partial charge in [0, 0.05) is 17.3 Å². The molecule has 0 saturated heterocycles. The number of amides is 1. The highest BCUT2D eigenvalue weighted by Gasteiger charge is 2.15. The summed E-state index contributed by atoms with van der Waals surface area (Å²) in [5, 5.41) is 2.70. The lowest BCUT2D eigenvalue weighted by molar-refractivity contribution is 0.102. The number of hydrogen-bond acceptors (Lipinski definition) is 6. The highest BCUT2D eigenvalue weighted by atomic mass is 32.2. The molecular weight excluding hydrogens is 406 g/mol. The number of ether oxygens (including phenoxy) is 2. The zero-order valence-corrected chi connectivity index (χ0v) is 17.3. The van der Waals surface area contributed by atoms with Crippen LogP contribution in [0.25, 0.3) is 0 Å². The van der Waals surface area contributed by atoms with Crippen molar-refractivity contribution in [3.05, 3.63) is 72.4 Å². The minimum Gasteiger partial charge on any atom is -0.494 e. The molecule has 2 N–H and O–H groups in total. The first kappa shape index (κ1) is 21.1. The lowest BCUT2D eigenvalue weighted by Crippen LogP contribution is -2.15. The number of nitrogens with zero attached hydrogens (tertiary/aromatic N) is 1. The van der Waals surface area contributed by atoms with E-state index in [1.807, 2.05) is 6.92 Å². The summed E-state index contributed by atoms with van der Waals surface area (Å²) in [7, 11) is -2.31. The Balaban J connectivity index is 1.73. The molecule has 1 aromatic heterocycles. The first-order valence-corrected chi connectivity index (χ1v) is 10.6. The van der Waals surface area contributed by atoms with Crippen LogP contribution in [0.1, 0.15) is 17.3 Å². The Morgan fingerprint density at radius 3 is 2.43 bits per heavy atom. The molecule has 0 fully saturated rings. The smallest absolute Gasteiger partial charge is 0.261 e. The van der Waals surface area contributed by atoms with Gasteiger partial charge in [-0.3, -0.25) is 9.52 Å². The van der Waals surface area contributed by atoms with Crippen LogP contribution in [0.5, 0.6) is 11.6 Å². The fourth-order valence-corrected chi connectivity index (χ4v) is 3.65. The van der Waals surface area contributed by atoms with Crippen molar-refractivity contribution in [1.29, 1.82) is 0 Å². The first-order valence-electron chi connectivity index (χ1n) is 9.08. The van der Waals surface area contributed by atoms with Crippen LogP contribution in [0, 0.1) is 0 Å². The maximum absolute atomic E-state index is 12.6. The first-order chi connectivity index (χ1) is 14.4. The Kier molecular flexibility index (Phi) is 6.53. The standard InChI is InChI=1S/C21H21N3O5S/c1-3-29-18-8-10-19(11-9-18)30(26,27)24-16-6-4-5-15(13-16)21(25)23-17-7-12-20(28-2)22-14-17/h4-14,24H,3H2,1-2H3,(H,23,25). The number of rotatable bonds is 8. The van der Waals surface area contributed by atoms with E-state index in [1.54, 1.807) is 42.5 Å². The van der Waals surface area contributed by atoms with Gasteiger partial charge in [-0.1, -0.05) is 6.07 Å². The average molecular weight is 427 g/mol. The number of carbonyl (C=O) groups excluding carboxylic acids is 1. The quantitative estimate of drug-likeness (QED) is 0.569. The SMILES string of the molecule is CCOc1ccc(S(=O)(=O)Nc2cccc(C(=O)Nc3ccc(OC)nc3)c2)cc1. The molecule has 9 heteroatoms. The van der Waals surface area contributed by atoms with Gasteiger partial charge in [0.15, 0.2) is 0 Å². The van der Waals surface area contributed by atoms with Gasteiger partial charge in [-0.15, -0.1) is 0 Å². The molecule has 0 aliphatic heterocycles. The molecule has 0 radical (unpaired) electrons. The third-order valence-electron chi connectivity index (χ3n) is 4.03. The number of hydrogen-bond donors (Lipinski definition) is 2. The van der Waals surface area contributed by atoms with Gasteiger partial charge in [-0.2, -0.15) is 0 Å². The second-order valence-corrected chi connectivity index (χ2v) is 7.82. The fraction of sp³-hybridized carbons (Fsp3) is 0.143. The molecule has 0 unspecified atom stereocenters. The molecule has 0 saturated carbocycles. The minimum atomic E-state index is -3.82. The predicted octanol–water partition coefficient (Wildman–Crippen LogP) is 3.54. The Morgan fingerprint density at radius 1 is 1.03 bits per heavy atom. The van der Waals surface area contributed by atoms with Crippen molar-refractivity contribution >= 4 is 27.3 Å². The van der Waals surface area contributed by atoms with Gasteiger partial charge in [-0.25, -0.2) is 13.4 Å². The summed E-state index contributed by atoms with van der Waals surface area (Å²) in [6.45, 7) is 2.34. The highest BCUT2D eigenvalue weighted by molar-refractivity contribution is 7.92. The fourth-order valence-electron chi connectivity index (χ4n) is 2.60. The van der Waals surface area contributed by atoms with E-state index in [-0.39, 0.29) is 16.1 Å². The molecule has 0 atom stereocenters. The van der Waals surface area contributed by atoms with Crippen LogP contribution in [0.2, 0.25) is 0 Å². The maximum Gasteiger partial charge on any atom is 0.261 e. The Morgan fingerprint density at radius 2 is 1.80 bits per heavy atom. The van der Waals surface area contributed by atoms with Crippen molar-refractivity contribution in [2.24, 2.45) is 0 Å². The van der Waals surface area contributed by atoms with E-state index in [2.05, 4.69) is 15.0 Å². The molecule has 0 aliphatic rings. The second-order valence-electron chi connectivity index (χ2n) is 6.13. The summed E-state index contributed by atoms with van der Waals surface area (Å²) >= 11 is 0. The van der Waals surface area contributed by atoms with Crippen LogP contribution in [-0.2, 0) is 10.0 Å². The zero-order valence-electron chi connectivity index (χ0n) is 16.5. The van der Waals surface area contributed by atoms with Gasteiger partial charge in [0.2, 0.25) is 5.88 Å². The van der Waals surface area contributed by atoms with E-state index in [1.165, 1.54) is 31.5 Å². The van der Waals surface area contributed by atoms with Crippen molar-refractivity contribution in [1.82, 2.24) is 4.98 Å². The highest BCUT2D eigenvalue weighted by Crippen LogP contribution is 2.21. The molecule has 0 aliphatic carbocycles. The summed E-state index contributed by atoms with van der Waals surface area (Å²) in [5.41, 5.74) is 1.04. The molecule has 2 aromatic carbocycles. The van der Waals surface area contributed by atoms with Crippen molar-refractivity contribution in [3.63, 3.8) is 0 Å². The molecule has 0 spiro atoms. The number of pyridine rings is 1. The number of benzene rings is 2. The van der Waals surface area contributed by atoms with Gasteiger partial charge in [0.05, 0.1) is 30.5 Å². The van der Waals surface area contributed by atoms with Crippen LogP contribution >= 0.6 is 0 Å². The van der Waals surface area contributed by atoms with E-state index in [0.717, 1.165) is 0 Å². The molecule has 0 bridgehead atoms. The molecule has 1 heterocycles. The number of methoxy groups -OCH3 is 1. The largest absolute Gasteiger partial charge is 0.494 e. The van der Waals surface area contributed by atoms with Crippen molar-refractivity contribution < 1.29 is 22.7 Å². The number of carbonyl (C=O) groups is 1. The van der Waals surface area contributed by atoms with Crippen molar-refractivity contribution in [2.45, 2.75) is 11.8 Å². The van der Waals surface area contributed by atoms with Crippen LogP contribution in [0.3, 0.4) is 0 Å². The van der Waals surface area contributed by atoms with Gasteiger partial charge >= 0.3 is 0 Å².